The van der Waals surface area contributed by atoms with Crippen molar-refractivity contribution in [1.29, 1.82) is 0 Å². The monoisotopic (exact) mass is 331 g/mol. The van der Waals surface area contributed by atoms with Gasteiger partial charge in [-0.05, 0) is 48.5 Å². The van der Waals surface area contributed by atoms with Gasteiger partial charge in [0.05, 0.1) is 14.2 Å². The largest absolute Gasteiger partial charge is 0.497 e. The van der Waals surface area contributed by atoms with Gasteiger partial charge in [-0.1, -0.05) is 18.9 Å². The number of rotatable bonds is 5. The Kier molecular flexibility index (Phi) is 5.57. The molecular formula is C19H25NO2S. The fourth-order valence-electron chi connectivity index (χ4n) is 3.35. The Balaban J connectivity index is 1.83. The number of benzene rings is 1. The van der Waals surface area contributed by atoms with Gasteiger partial charge in [0.1, 0.15) is 11.5 Å². The molecule has 3 nitrogen and oxygen atoms in total. The third-order valence-corrected chi connectivity index (χ3v) is 5.51. The van der Waals surface area contributed by atoms with E-state index in [9.17, 15) is 0 Å². The Hall–Kier alpha value is -1.52. The van der Waals surface area contributed by atoms with E-state index in [2.05, 4.69) is 34.5 Å². The molecule has 0 N–H and O–H groups in total. The summed E-state index contributed by atoms with van der Waals surface area (Å²) in [5.74, 6) is 1.73. The van der Waals surface area contributed by atoms with E-state index in [-0.39, 0.29) is 0 Å². The molecule has 124 valence electrons. The van der Waals surface area contributed by atoms with Crippen molar-refractivity contribution in [3.05, 3.63) is 46.2 Å². The van der Waals surface area contributed by atoms with E-state index in [1.807, 2.05) is 17.4 Å². The van der Waals surface area contributed by atoms with Gasteiger partial charge < -0.3 is 9.47 Å². The number of hydrogen-bond acceptors (Lipinski definition) is 4. The zero-order chi connectivity index (χ0) is 16.1. The van der Waals surface area contributed by atoms with E-state index < -0.39 is 0 Å². The molecule has 0 radical (unpaired) electrons. The molecule has 23 heavy (non-hydrogen) atoms. The summed E-state index contributed by atoms with van der Waals surface area (Å²) in [5.41, 5.74) is 1.25. The number of ether oxygens (including phenoxy) is 2. The average molecular weight is 331 g/mol. The summed E-state index contributed by atoms with van der Waals surface area (Å²) >= 11 is 1.88. The minimum Gasteiger partial charge on any atom is -0.497 e. The van der Waals surface area contributed by atoms with Crippen LogP contribution in [-0.4, -0.2) is 25.7 Å². The van der Waals surface area contributed by atoms with Crippen molar-refractivity contribution in [2.75, 3.05) is 20.8 Å². The normalized spacial score (nSPS) is 19.3. The summed E-state index contributed by atoms with van der Waals surface area (Å²) in [4.78, 5) is 4.11. The lowest BCUT2D eigenvalue weighted by Crippen LogP contribution is -2.27. The number of methoxy groups -OCH3 is 2. The second-order valence-corrected chi connectivity index (χ2v) is 7.05. The van der Waals surface area contributed by atoms with E-state index in [1.165, 1.54) is 36.1 Å². The highest BCUT2D eigenvalue weighted by atomic mass is 32.1. The van der Waals surface area contributed by atoms with Crippen LogP contribution in [0, 0.1) is 0 Å². The Labute approximate surface area is 142 Å². The molecule has 4 heteroatoms. The zero-order valence-corrected chi connectivity index (χ0v) is 14.8. The molecule has 1 aromatic carbocycles. The molecule has 0 spiro atoms. The van der Waals surface area contributed by atoms with Crippen LogP contribution >= 0.6 is 11.3 Å². The maximum absolute atomic E-state index is 5.41. The summed E-state index contributed by atoms with van der Waals surface area (Å²) in [6.07, 6.45) is 5.19. The van der Waals surface area contributed by atoms with Crippen LogP contribution in [0.1, 0.15) is 42.2 Å². The SMILES string of the molecule is COc1cc(CN2CCCCCC2c2cccs2)cc(OC)c1. The van der Waals surface area contributed by atoms with Crippen LogP contribution in [0.5, 0.6) is 11.5 Å². The Bertz CT molecular complexity index is 590. The molecule has 2 heterocycles. The van der Waals surface area contributed by atoms with E-state index >= 15 is 0 Å². The van der Waals surface area contributed by atoms with Crippen molar-refractivity contribution < 1.29 is 9.47 Å². The van der Waals surface area contributed by atoms with Gasteiger partial charge in [-0.2, -0.15) is 0 Å². The molecule has 1 saturated heterocycles. The van der Waals surface area contributed by atoms with Crippen LogP contribution in [0.3, 0.4) is 0 Å². The predicted octanol–water partition coefficient (Wildman–Crippen LogP) is 4.88. The van der Waals surface area contributed by atoms with Crippen LogP contribution in [0.2, 0.25) is 0 Å². The van der Waals surface area contributed by atoms with Crippen molar-refractivity contribution in [3.8, 4) is 11.5 Å². The molecule has 1 atom stereocenters. The van der Waals surface area contributed by atoms with Crippen LogP contribution < -0.4 is 9.47 Å². The lowest BCUT2D eigenvalue weighted by atomic mass is 10.1. The minimum absolute atomic E-state index is 0.537. The lowest BCUT2D eigenvalue weighted by Gasteiger charge is -2.29. The van der Waals surface area contributed by atoms with Crippen molar-refractivity contribution in [2.24, 2.45) is 0 Å². The summed E-state index contributed by atoms with van der Waals surface area (Å²) < 4.78 is 10.8. The average Bonchev–Trinajstić information content (AvgIpc) is 3.02. The first-order chi connectivity index (χ1) is 11.3. The van der Waals surface area contributed by atoms with E-state index in [0.29, 0.717) is 6.04 Å². The number of thiophene rings is 1. The van der Waals surface area contributed by atoms with Gasteiger partial charge in [-0.15, -0.1) is 11.3 Å². The third-order valence-electron chi connectivity index (χ3n) is 4.53. The molecule has 0 amide bonds. The maximum atomic E-state index is 5.41. The molecule has 1 fully saturated rings. The Morgan fingerprint density at radius 3 is 2.52 bits per heavy atom. The van der Waals surface area contributed by atoms with Gasteiger partial charge in [0, 0.05) is 23.5 Å². The molecule has 3 rings (SSSR count). The van der Waals surface area contributed by atoms with Crippen LogP contribution in [-0.2, 0) is 6.54 Å². The van der Waals surface area contributed by atoms with Crippen LogP contribution in [0.15, 0.2) is 35.7 Å². The van der Waals surface area contributed by atoms with E-state index in [1.54, 1.807) is 14.2 Å². The molecule has 0 saturated carbocycles. The fraction of sp³-hybridized carbons (Fsp3) is 0.474. The molecular weight excluding hydrogens is 306 g/mol. The van der Waals surface area contributed by atoms with Gasteiger partial charge in [0.15, 0.2) is 0 Å². The maximum Gasteiger partial charge on any atom is 0.122 e. The quantitative estimate of drug-likeness (QED) is 0.779. The van der Waals surface area contributed by atoms with Crippen molar-refractivity contribution in [1.82, 2.24) is 4.90 Å². The molecule has 1 aliphatic rings. The Morgan fingerprint density at radius 1 is 1.09 bits per heavy atom. The summed E-state index contributed by atoms with van der Waals surface area (Å²) in [5, 5.41) is 2.19. The minimum atomic E-state index is 0.537. The highest BCUT2D eigenvalue weighted by Gasteiger charge is 2.23. The van der Waals surface area contributed by atoms with Crippen molar-refractivity contribution in [3.63, 3.8) is 0 Å². The Morgan fingerprint density at radius 2 is 1.87 bits per heavy atom. The molecule has 0 bridgehead atoms. The zero-order valence-electron chi connectivity index (χ0n) is 14.0. The van der Waals surface area contributed by atoms with Crippen LogP contribution in [0.4, 0.5) is 0 Å². The summed E-state index contributed by atoms with van der Waals surface area (Å²) in [6, 6.07) is 11.2. The molecule has 0 aliphatic carbocycles. The number of nitrogens with zero attached hydrogens (tertiary/aromatic N) is 1. The molecule has 1 unspecified atom stereocenters. The van der Waals surface area contributed by atoms with Gasteiger partial charge in [-0.3, -0.25) is 4.90 Å². The first-order valence-electron chi connectivity index (χ1n) is 8.29. The first-order valence-corrected chi connectivity index (χ1v) is 9.17. The first kappa shape index (κ1) is 16.3. The van der Waals surface area contributed by atoms with Gasteiger partial charge in [0.25, 0.3) is 0 Å². The summed E-state index contributed by atoms with van der Waals surface area (Å²) in [7, 11) is 3.41. The fourth-order valence-corrected chi connectivity index (χ4v) is 4.25. The second kappa shape index (κ2) is 7.84. The number of likely N-dealkylation sites (tertiary alicyclic amines) is 1. The molecule has 1 aliphatic heterocycles. The van der Waals surface area contributed by atoms with Crippen molar-refractivity contribution >= 4 is 11.3 Å². The number of hydrogen-bond donors (Lipinski definition) is 0. The van der Waals surface area contributed by atoms with Gasteiger partial charge >= 0.3 is 0 Å². The highest BCUT2D eigenvalue weighted by Crippen LogP contribution is 2.34. The molecule has 2 aromatic rings. The standard InChI is InChI=1S/C19H25NO2S/c1-21-16-11-15(12-17(13-16)22-2)14-20-9-5-3-4-7-18(20)19-8-6-10-23-19/h6,8,10-13,18H,3-5,7,9,14H2,1-2H3. The third kappa shape index (κ3) is 4.06. The van der Waals surface area contributed by atoms with E-state index in [0.717, 1.165) is 24.6 Å². The summed E-state index contributed by atoms with van der Waals surface area (Å²) in [6.45, 7) is 2.10. The van der Waals surface area contributed by atoms with Crippen molar-refractivity contribution in [2.45, 2.75) is 38.3 Å². The highest BCUT2D eigenvalue weighted by molar-refractivity contribution is 7.10. The van der Waals surface area contributed by atoms with E-state index in [4.69, 9.17) is 9.47 Å². The smallest absolute Gasteiger partial charge is 0.122 e. The van der Waals surface area contributed by atoms with Crippen LogP contribution in [0.25, 0.3) is 0 Å². The lowest BCUT2D eigenvalue weighted by molar-refractivity contribution is 0.195. The van der Waals surface area contributed by atoms with Gasteiger partial charge in [0.2, 0.25) is 0 Å². The van der Waals surface area contributed by atoms with Gasteiger partial charge in [-0.25, -0.2) is 0 Å². The second-order valence-electron chi connectivity index (χ2n) is 6.07. The molecule has 1 aromatic heterocycles. The topological polar surface area (TPSA) is 21.7 Å². The predicted molar refractivity (Wildman–Crippen MR) is 95.5 cm³/mol.